The fourth-order valence-corrected chi connectivity index (χ4v) is 4.68. The van der Waals surface area contributed by atoms with Crippen molar-refractivity contribution in [3.63, 3.8) is 0 Å². The first-order valence-electron chi connectivity index (χ1n) is 10.9. The summed E-state index contributed by atoms with van der Waals surface area (Å²) in [6.45, 7) is 4.15. The van der Waals surface area contributed by atoms with E-state index in [2.05, 4.69) is 12.1 Å². The predicted octanol–water partition coefficient (Wildman–Crippen LogP) is 6.77. The normalized spacial score (nSPS) is 15.0. The number of hydrogen-bond acceptors (Lipinski definition) is 3. The number of benzene rings is 3. The Morgan fingerprint density at radius 2 is 1.41 bits per heavy atom. The Balaban J connectivity index is 1.87. The van der Waals surface area contributed by atoms with E-state index in [1.54, 1.807) is 0 Å². The molecule has 0 N–H and O–H groups in total. The Morgan fingerprint density at radius 3 is 2.00 bits per heavy atom. The minimum absolute atomic E-state index is 0.248. The molecule has 1 atom stereocenters. The Labute approximate surface area is 188 Å². The van der Waals surface area contributed by atoms with E-state index in [4.69, 9.17) is 9.15 Å². The molecule has 3 heteroatoms. The van der Waals surface area contributed by atoms with Crippen LogP contribution in [0.5, 0.6) is 0 Å². The van der Waals surface area contributed by atoms with E-state index in [1.807, 2.05) is 92.7 Å². The lowest BCUT2D eigenvalue weighted by Crippen LogP contribution is -2.14. The van der Waals surface area contributed by atoms with Crippen LogP contribution in [0.15, 0.2) is 101 Å². The number of rotatable bonds is 5. The van der Waals surface area contributed by atoms with Crippen molar-refractivity contribution in [3.05, 3.63) is 125 Å². The van der Waals surface area contributed by atoms with Crippen molar-refractivity contribution in [1.29, 1.82) is 0 Å². The van der Waals surface area contributed by atoms with E-state index in [9.17, 15) is 4.79 Å². The van der Waals surface area contributed by atoms with Crippen molar-refractivity contribution >= 4 is 11.5 Å². The van der Waals surface area contributed by atoms with Crippen molar-refractivity contribution in [2.75, 3.05) is 6.61 Å². The molecule has 1 heterocycles. The van der Waals surface area contributed by atoms with Crippen molar-refractivity contribution in [3.8, 4) is 11.3 Å². The van der Waals surface area contributed by atoms with Crippen LogP contribution in [0, 0.1) is 6.92 Å². The van der Waals surface area contributed by atoms with Crippen LogP contribution in [0.1, 0.15) is 40.9 Å². The van der Waals surface area contributed by atoms with E-state index >= 15 is 0 Å². The van der Waals surface area contributed by atoms with E-state index in [1.165, 1.54) is 0 Å². The maximum absolute atomic E-state index is 13.4. The SMILES string of the molecule is CCOC(=O)C1=C(c2ccccc2)c2c(-c3ccccc3)oc(C)c2C1c1ccccc1. The van der Waals surface area contributed by atoms with Gasteiger partial charge in [-0.15, -0.1) is 0 Å². The summed E-state index contributed by atoms with van der Waals surface area (Å²) in [6.07, 6.45) is 0. The van der Waals surface area contributed by atoms with Crippen LogP contribution in [-0.4, -0.2) is 12.6 Å². The average molecular weight is 421 g/mol. The van der Waals surface area contributed by atoms with Gasteiger partial charge < -0.3 is 9.15 Å². The maximum Gasteiger partial charge on any atom is 0.335 e. The summed E-state index contributed by atoms with van der Waals surface area (Å²) < 4.78 is 12.0. The van der Waals surface area contributed by atoms with Crippen LogP contribution < -0.4 is 0 Å². The second-order valence-corrected chi connectivity index (χ2v) is 7.86. The third-order valence-electron chi connectivity index (χ3n) is 5.95. The summed E-state index contributed by atoms with van der Waals surface area (Å²) in [5.41, 5.74) is 6.60. The number of esters is 1. The van der Waals surface area contributed by atoms with Crippen molar-refractivity contribution in [2.45, 2.75) is 19.8 Å². The maximum atomic E-state index is 13.4. The third kappa shape index (κ3) is 3.27. The van der Waals surface area contributed by atoms with Crippen LogP contribution in [-0.2, 0) is 9.53 Å². The van der Waals surface area contributed by atoms with Gasteiger partial charge >= 0.3 is 5.97 Å². The predicted molar refractivity (Wildman–Crippen MR) is 126 cm³/mol. The average Bonchev–Trinajstić information content (AvgIpc) is 3.36. The summed E-state index contributed by atoms with van der Waals surface area (Å²) in [6, 6.07) is 30.3. The van der Waals surface area contributed by atoms with Crippen LogP contribution in [0.2, 0.25) is 0 Å². The molecule has 0 radical (unpaired) electrons. The van der Waals surface area contributed by atoms with E-state index in [0.717, 1.165) is 44.9 Å². The monoisotopic (exact) mass is 420 g/mol. The number of ether oxygens (including phenoxy) is 1. The Kier molecular flexibility index (Phi) is 5.24. The second-order valence-electron chi connectivity index (χ2n) is 7.86. The molecule has 0 saturated carbocycles. The van der Waals surface area contributed by atoms with Crippen LogP contribution in [0.4, 0.5) is 0 Å². The van der Waals surface area contributed by atoms with Crippen molar-refractivity contribution in [1.82, 2.24) is 0 Å². The molecule has 1 aromatic heterocycles. The highest BCUT2D eigenvalue weighted by atomic mass is 16.5. The van der Waals surface area contributed by atoms with Gasteiger partial charge in [-0.2, -0.15) is 0 Å². The molecule has 0 aliphatic heterocycles. The fourth-order valence-electron chi connectivity index (χ4n) is 4.68. The molecule has 0 bridgehead atoms. The Bertz CT molecular complexity index is 1280. The zero-order valence-corrected chi connectivity index (χ0v) is 18.2. The molecular formula is C29H24O3. The lowest BCUT2D eigenvalue weighted by Gasteiger charge is -2.17. The van der Waals surface area contributed by atoms with Gasteiger partial charge in [0, 0.05) is 28.2 Å². The van der Waals surface area contributed by atoms with Crippen LogP contribution >= 0.6 is 0 Å². The van der Waals surface area contributed by atoms with E-state index in [0.29, 0.717) is 12.2 Å². The van der Waals surface area contributed by atoms with Gasteiger partial charge in [-0.1, -0.05) is 91.0 Å². The molecule has 1 unspecified atom stereocenters. The highest BCUT2D eigenvalue weighted by Crippen LogP contribution is 2.54. The summed E-state index contributed by atoms with van der Waals surface area (Å²) in [7, 11) is 0. The lowest BCUT2D eigenvalue weighted by molar-refractivity contribution is -0.138. The van der Waals surface area contributed by atoms with Gasteiger partial charge in [-0.05, 0) is 25.0 Å². The zero-order chi connectivity index (χ0) is 22.1. The fraction of sp³-hybridized carbons (Fsp3) is 0.138. The summed E-state index contributed by atoms with van der Waals surface area (Å²) in [4.78, 5) is 13.4. The molecule has 0 amide bonds. The summed E-state index contributed by atoms with van der Waals surface area (Å²) >= 11 is 0. The van der Waals surface area contributed by atoms with Crippen LogP contribution in [0.3, 0.4) is 0 Å². The molecule has 3 aromatic carbocycles. The molecule has 3 nitrogen and oxygen atoms in total. The van der Waals surface area contributed by atoms with E-state index < -0.39 is 0 Å². The molecule has 0 spiro atoms. The first-order chi connectivity index (χ1) is 15.7. The molecule has 158 valence electrons. The third-order valence-corrected chi connectivity index (χ3v) is 5.95. The largest absolute Gasteiger partial charge is 0.463 e. The van der Waals surface area contributed by atoms with Gasteiger partial charge in [0.15, 0.2) is 0 Å². The molecule has 0 fully saturated rings. The summed E-state index contributed by atoms with van der Waals surface area (Å²) in [5, 5.41) is 0. The highest BCUT2D eigenvalue weighted by Gasteiger charge is 2.42. The van der Waals surface area contributed by atoms with Gasteiger partial charge in [0.05, 0.1) is 12.2 Å². The first kappa shape index (κ1) is 20.1. The van der Waals surface area contributed by atoms with Gasteiger partial charge in [-0.25, -0.2) is 4.79 Å². The van der Waals surface area contributed by atoms with Crippen molar-refractivity contribution < 1.29 is 13.9 Å². The minimum atomic E-state index is -0.283. The Hall–Kier alpha value is -3.85. The molecule has 5 rings (SSSR count). The molecule has 0 saturated heterocycles. The number of carbonyl (C=O) groups is 1. The topological polar surface area (TPSA) is 39.4 Å². The number of fused-ring (bicyclic) bond motifs is 1. The van der Waals surface area contributed by atoms with E-state index in [-0.39, 0.29) is 11.9 Å². The molecule has 1 aliphatic carbocycles. The number of carbonyl (C=O) groups excluding carboxylic acids is 1. The highest BCUT2D eigenvalue weighted by molar-refractivity contribution is 6.09. The molecule has 4 aromatic rings. The van der Waals surface area contributed by atoms with Gasteiger partial charge in [0.2, 0.25) is 0 Å². The van der Waals surface area contributed by atoms with Gasteiger partial charge in [0.1, 0.15) is 11.5 Å². The quantitative estimate of drug-likeness (QED) is 0.335. The molecule has 1 aliphatic rings. The zero-order valence-electron chi connectivity index (χ0n) is 18.2. The Morgan fingerprint density at radius 1 is 0.844 bits per heavy atom. The summed E-state index contributed by atoms with van der Waals surface area (Å²) in [5.74, 6) is 1.08. The lowest BCUT2D eigenvalue weighted by atomic mass is 9.88. The minimum Gasteiger partial charge on any atom is -0.463 e. The second kappa shape index (κ2) is 8.35. The van der Waals surface area contributed by atoms with Crippen molar-refractivity contribution in [2.24, 2.45) is 0 Å². The standard InChI is InChI=1S/C29H24O3/c1-3-31-29(30)27-24(20-13-7-4-8-14-20)23-19(2)32-28(22-17-11-6-12-18-22)26(23)25(27)21-15-9-5-10-16-21/h4-18,24H,3H2,1-2H3. The number of hydrogen-bond donors (Lipinski definition) is 0. The molecule has 32 heavy (non-hydrogen) atoms. The van der Waals surface area contributed by atoms with Crippen LogP contribution in [0.25, 0.3) is 16.9 Å². The number of aryl methyl sites for hydroxylation is 1. The van der Waals surface area contributed by atoms with Gasteiger partial charge in [-0.3, -0.25) is 0 Å². The first-order valence-corrected chi connectivity index (χ1v) is 10.9. The number of furan rings is 1. The smallest absolute Gasteiger partial charge is 0.335 e. The molecular weight excluding hydrogens is 396 g/mol. The van der Waals surface area contributed by atoms with Gasteiger partial charge in [0.25, 0.3) is 0 Å².